The minimum absolute atomic E-state index is 0.0878. The highest BCUT2D eigenvalue weighted by Crippen LogP contribution is 2.51. The van der Waals surface area contributed by atoms with E-state index in [-0.39, 0.29) is 34.8 Å². The predicted octanol–water partition coefficient (Wildman–Crippen LogP) is 5.19. The summed E-state index contributed by atoms with van der Waals surface area (Å²) in [6.07, 6.45) is 0.813. The van der Waals surface area contributed by atoms with Gasteiger partial charge in [-0.15, -0.1) is 11.8 Å². The molecule has 8 nitrogen and oxygen atoms in total. The summed E-state index contributed by atoms with van der Waals surface area (Å²) in [5, 5.41) is 7.81. The normalized spacial score (nSPS) is 15.5. The molecule has 0 unspecified atom stereocenters. The molecule has 0 fully saturated rings. The van der Waals surface area contributed by atoms with Crippen molar-refractivity contribution in [3.63, 3.8) is 0 Å². The van der Waals surface area contributed by atoms with Crippen molar-refractivity contribution >= 4 is 29.4 Å². The Kier molecular flexibility index (Phi) is 8.59. The van der Waals surface area contributed by atoms with Crippen LogP contribution in [0.5, 0.6) is 11.5 Å². The van der Waals surface area contributed by atoms with Crippen LogP contribution in [0, 0.1) is 6.92 Å². The second-order valence-corrected chi connectivity index (χ2v) is 11.8. The number of methoxy groups -OCH3 is 2. The molecule has 2 amide bonds. The van der Waals surface area contributed by atoms with Gasteiger partial charge < -0.3 is 14.8 Å². The third kappa shape index (κ3) is 5.78. The quantitative estimate of drug-likeness (QED) is 0.416. The van der Waals surface area contributed by atoms with Gasteiger partial charge in [0.2, 0.25) is 11.8 Å². The number of carbonyl (C=O) groups excluding carboxylic acids is 2. The fourth-order valence-corrected chi connectivity index (χ4v) is 6.01. The van der Waals surface area contributed by atoms with E-state index in [0.717, 1.165) is 34.5 Å². The number of thioether (sulfide) groups is 1. The molecule has 208 valence electrons. The lowest BCUT2D eigenvalue weighted by atomic mass is 9.87. The number of para-hydroxylation sites is 1. The molecule has 0 saturated heterocycles. The zero-order chi connectivity index (χ0) is 28.3. The highest BCUT2D eigenvalue weighted by molar-refractivity contribution is 8.00. The van der Waals surface area contributed by atoms with Crippen LogP contribution in [0.15, 0.2) is 42.5 Å². The summed E-state index contributed by atoms with van der Waals surface area (Å²) < 4.78 is 13.2. The molecule has 0 radical (unpaired) electrons. The van der Waals surface area contributed by atoms with E-state index in [1.54, 1.807) is 19.1 Å². The molecule has 4 rings (SSSR count). The monoisotopic (exact) mass is 550 g/mol. The average Bonchev–Trinajstić information content (AvgIpc) is 3.25. The Balaban J connectivity index is 2.06. The van der Waals surface area contributed by atoms with Gasteiger partial charge in [0.1, 0.15) is 23.9 Å². The van der Waals surface area contributed by atoms with Gasteiger partial charge in [0.25, 0.3) is 0 Å². The molecule has 1 aliphatic rings. The second-order valence-electron chi connectivity index (χ2n) is 10.7. The molecule has 39 heavy (non-hydrogen) atoms. The lowest BCUT2D eigenvalue weighted by Gasteiger charge is -2.25. The molecule has 1 N–H and O–H groups in total. The number of nitrogens with zero attached hydrogens (tertiary/aromatic N) is 3. The maximum Gasteiger partial charge on any atom is 0.240 e. The van der Waals surface area contributed by atoms with Gasteiger partial charge >= 0.3 is 0 Å². The van der Waals surface area contributed by atoms with Gasteiger partial charge in [-0.1, -0.05) is 45.9 Å². The Bertz CT molecular complexity index is 1360. The molecule has 2 heterocycles. The van der Waals surface area contributed by atoms with Crippen molar-refractivity contribution in [3.05, 3.63) is 64.8 Å². The SMILES string of the molecule is CCCNC(=O)CN1C(=O)CS[C@H](c2cc(OC)ccc2OC)c2c(C(C)(C)C)nn(-c3ccccc3C)c21. The summed E-state index contributed by atoms with van der Waals surface area (Å²) in [5.74, 6) is 1.86. The van der Waals surface area contributed by atoms with E-state index in [1.165, 1.54) is 11.8 Å². The lowest BCUT2D eigenvalue weighted by molar-refractivity contribution is -0.122. The second kappa shape index (κ2) is 11.7. The van der Waals surface area contributed by atoms with E-state index >= 15 is 0 Å². The number of fused-ring (bicyclic) bond motifs is 1. The summed E-state index contributed by atoms with van der Waals surface area (Å²) in [7, 11) is 3.28. The smallest absolute Gasteiger partial charge is 0.240 e. The molecular formula is C30H38N4O4S. The van der Waals surface area contributed by atoms with Crippen molar-refractivity contribution in [2.45, 2.75) is 51.7 Å². The third-order valence-corrected chi connectivity index (χ3v) is 7.97. The van der Waals surface area contributed by atoms with Crippen LogP contribution in [0.25, 0.3) is 5.69 Å². The van der Waals surface area contributed by atoms with Gasteiger partial charge in [-0.2, -0.15) is 5.10 Å². The maximum absolute atomic E-state index is 13.8. The molecule has 1 aromatic heterocycles. The Hall–Kier alpha value is -3.46. The van der Waals surface area contributed by atoms with Crippen LogP contribution < -0.4 is 19.7 Å². The topological polar surface area (TPSA) is 85.7 Å². The summed E-state index contributed by atoms with van der Waals surface area (Å²) in [6, 6.07) is 13.7. The standard InChI is InChI=1S/C30H38N4O4S/c1-8-15-31-24(35)17-33-25(36)18-39-27(21-16-20(37-6)13-14-23(21)38-7)26-28(30(3,4)5)32-34(29(26)33)22-12-10-9-11-19(22)2/h9-14,16,27H,8,15,17-18H2,1-7H3,(H,31,35)/t27-/m1/s1. The van der Waals surface area contributed by atoms with Gasteiger partial charge in [0.15, 0.2) is 0 Å². The Morgan fingerprint density at radius 1 is 1.15 bits per heavy atom. The summed E-state index contributed by atoms with van der Waals surface area (Å²) in [4.78, 5) is 28.4. The minimum atomic E-state index is -0.355. The van der Waals surface area contributed by atoms with Crippen LogP contribution in [0.1, 0.15) is 61.7 Å². The van der Waals surface area contributed by atoms with Crippen LogP contribution >= 0.6 is 11.8 Å². The van der Waals surface area contributed by atoms with E-state index in [4.69, 9.17) is 14.6 Å². The largest absolute Gasteiger partial charge is 0.497 e. The zero-order valence-electron chi connectivity index (χ0n) is 23.8. The van der Waals surface area contributed by atoms with Crippen LogP contribution in [-0.4, -0.2) is 54.7 Å². The molecule has 0 bridgehead atoms. The number of hydrogen-bond donors (Lipinski definition) is 1. The van der Waals surface area contributed by atoms with Crippen molar-refractivity contribution in [1.82, 2.24) is 15.1 Å². The van der Waals surface area contributed by atoms with Gasteiger partial charge in [-0.05, 0) is 43.2 Å². The first kappa shape index (κ1) is 28.5. The van der Waals surface area contributed by atoms with Crippen molar-refractivity contribution < 1.29 is 19.1 Å². The molecule has 1 atom stereocenters. The number of carbonyl (C=O) groups is 2. The van der Waals surface area contributed by atoms with Gasteiger partial charge in [-0.3, -0.25) is 14.5 Å². The minimum Gasteiger partial charge on any atom is -0.497 e. The lowest BCUT2D eigenvalue weighted by Crippen LogP contribution is -2.42. The van der Waals surface area contributed by atoms with E-state index in [1.807, 2.05) is 61.0 Å². The number of aromatic nitrogens is 2. The molecule has 2 aromatic carbocycles. The number of amides is 2. The molecule has 0 aliphatic carbocycles. The first-order valence-electron chi connectivity index (χ1n) is 13.2. The van der Waals surface area contributed by atoms with Crippen LogP contribution in [0.4, 0.5) is 5.82 Å². The number of anilines is 1. The number of benzene rings is 2. The molecule has 0 saturated carbocycles. The molecule has 9 heteroatoms. The average molecular weight is 551 g/mol. The Morgan fingerprint density at radius 2 is 1.90 bits per heavy atom. The highest BCUT2D eigenvalue weighted by atomic mass is 32.2. The number of aryl methyl sites for hydroxylation is 1. The molecular weight excluding hydrogens is 512 g/mol. The highest BCUT2D eigenvalue weighted by Gasteiger charge is 2.41. The van der Waals surface area contributed by atoms with Gasteiger partial charge in [-0.25, -0.2) is 4.68 Å². The predicted molar refractivity (Wildman–Crippen MR) is 157 cm³/mol. The molecule has 3 aromatic rings. The Labute approximate surface area is 235 Å². The van der Waals surface area contributed by atoms with Gasteiger partial charge in [0.05, 0.1) is 36.6 Å². The number of rotatable bonds is 8. The molecule has 1 aliphatic heterocycles. The zero-order valence-corrected chi connectivity index (χ0v) is 24.6. The summed E-state index contributed by atoms with van der Waals surface area (Å²) >= 11 is 1.52. The van der Waals surface area contributed by atoms with Crippen LogP contribution in [0.2, 0.25) is 0 Å². The van der Waals surface area contributed by atoms with Crippen molar-refractivity contribution in [1.29, 1.82) is 0 Å². The van der Waals surface area contributed by atoms with E-state index in [9.17, 15) is 9.59 Å². The first-order valence-corrected chi connectivity index (χ1v) is 14.3. The maximum atomic E-state index is 13.8. The number of hydrogen-bond acceptors (Lipinski definition) is 6. The van der Waals surface area contributed by atoms with Gasteiger partial charge in [0, 0.05) is 23.1 Å². The van der Waals surface area contributed by atoms with E-state index in [2.05, 4.69) is 26.1 Å². The summed E-state index contributed by atoms with van der Waals surface area (Å²) in [5.41, 5.74) is 4.17. The Morgan fingerprint density at radius 3 is 2.54 bits per heavy atom. The fourth-order valence-electron chi connectivity index (χ4n) is 4.80. The summed E-state index contributed by atoms with van der Waals surface area (Å²) in [6.45, 7) is 10.8. The van der Waals surface area contributed by atoms with Crippen molar-refractivity contribution in [3.8, 4) is 17.2 Å². The first-order chi connectivity index (χ1) is 18.6. The van der Waals surface area contributed by atoms with E-state index in [0.29, 0.717) is 23.9 Å². The van der Waals surface area contributed by atoms with Crippen molar-refractivity contribution in [2.75, 3.05) is 38.0 Å². The van der Waals surface area contributed by atoms with E-state index < -0.39 is 0 Å². The molecule has 0 spiro atoms. The van der Waals surface area contributed by atoms with Crippen molar-refractivity contribution in [2.24, 2.45) is 0 Å². The number of ether oxygens (including phenoxy) is 2. The van der Waals surface area contributed by atoms with Crippen LogP contribution in [-0.2, 0) is 15.0 Å². The fraction of sp³-hybridized carbons (Fsp3) is 0.433. The van der Waals surface area contributed by atoms with Crippen LogP contribution in [0.3, 0.4) is 0 Å². The third-order valence-electron chi connectivity index (χ3n) is 6.74. The number of nitrogens with one attached hydrogen (secondary N) is 1.